The molecule has 0 aromatic carbocycles. The van der Waals surface area contributed by atoms with Crippen LogP contribution in [-0.4, -0.2) is 30.3 Å². The zero-order valence-electron chi connectivity index (χ0n) is 8.09. The SMILES string of the molecule is CNCc1cc(NC)nc(SC)n1. The highest BCUT2D eigenvalue weighted by atomic mass is 32.2. The van der Waals surface area contributed by atoms with E-state index < -0.39 is 0 Å². The summed E-state index contributed by atoms with van der Waals surface area (Å²) >= 11 is 1.55. The van der Waals surface area contributed by atoms with Gasteiger partial charge in [-0.15, -0.1) is 0 Å². The zero-order valence-corrected chi connectivity index (χ0v) is 8.90. The maximum atomic E-state index is 4.34. The molecule has 0 atom stereocenters. The lowest BCUT2D eigenvalue weighted by molar-refractivity contribution is 0.765. The average Bonchev–Trinajstić information content (AvgIpc) is 2.17. The summed E-state index contributed by atoms with van der Waals surface area (Å²) < 4.78 is 0. The van der Waals surface area contributed by atoms with E-state index in [1.807, 2.05) is 26.4 Å². The number of rotatable bonds is 4. The fraction of sp³-hybridized carbons (Fsp3) is 0.500. The zero-order chi connectivity index (χ0) is 9.68. The van der Waals surface area contributed by atoms with Gasteiger partial charge >= 0.3 is 0 Å². The van der Waals surface area contributed by atoms with E-state index in [9.17, 15) is 0 Å². The standard InChI is InChI=1S/C8H14N4S/c1-9-5-6-4-7(10-2)12-8(11-6)13-3/h4,9H,5H2,1-3H3,(H,10,11,12). The van der Waals surface area contributed by atoms with Gasteiger partial charge in [-0.05, 0) is 13.3 Å². The summed E-state index contributed by atoms with van der Waals surface area (Å²) in [5, 5.41) is 6.87. The summed E-state index contributed by atoms with van der Waals surface area (Å²) in [6.45, 7) is 0.769. The predicted molar refractivity (Wildman–Crippen MR) is 56.1 cm³/mol. The van der Waals surface area contributed by atoms with Crippen LogP contribution in [0.5, 0.6) is 0 Å². The van der Waals surface area contributed by atoms with Gasteiger partial charge in [0.2, 0.25) is 0 Å². The van der Waals surface area contributed by atoms with E-state index in [1.54, 1.807) is 11.8 Å². The highest BCUT2D eigenvalue weighted by molar-refractivity contribution is 7.98. The Hall–Kier alpha value is -0.810. The van der Waals surface area contributed by atoms with Gasteiger partial charge in [-0.2, -0.15) is 0 Å². The van der Waals surface area contributed by atoms with Crippen molar-refractivity contribution in [2.75, 3.05) is 25.7 Å². The minimum Gasteiger partial charge on any atom is -0.373 e. The van der Waals surface area contributed by atoms with Crippen LogP contribution < -0.4 is 10.6 Å². The Morgan fingerprint density at radius 3 is 2.69 bits per heavy atom. The average molecular weight is 198 g/mol. The molecule has 0 aliphatic rings. The minimum absolute atomic E-state index is 0.769. The molecule has 0 fully saturated rings. The van der Waals surface area contributed by atoms with Crippen molar-refractivity contribution in [1.82, 2.24) is 15.3 Å². The van der Waals surface area contributed by atoms with Crippen molar-refractivity contribution in [3.63, 3.8) is 0 Å². The monoisotopic (exact) mass is 198 g/mol. The summed E-state index contributed by atoms with van der Waals surface area (Å²) in [4.78, 5) is 8.60. The summed E-state index contributed by atoms with van der Waals surface area (Å²) in [7, 11) is 3.76. The topological polar surface area (TPSA) is 49.8 Å². The molecular formula is C8H14N4S. The molecule has 0 radical (unpaired) electrons. The van der Waals surface area contributed by atoms with Gasteiger partial charge < -0.3 is 10.6 Å². The van der Waals surface area contributed by atoms with Crippen molar-refractivity contribution in [2.45, 2.75) is 11.7 Å². The summed E-state index contributed by atoms with van der Waals surface area (Å²) in [5.74, 6) is 0.865. The molecular weight excluding hydrogens is 184 g/mol. The number of anilines is 1. The first-order valence-electron chi connectivity index (χ1n) is 4.04. The van der Waals surface area contributed by atoms with E-state index in [-0.39, 0.29) is 0 Å². The van der Waals surface area contributed by atoms with Crippen LogP contribution in [0.3, 0.4) is 0 Å². The molecule has 13 heavy (non-hydrogen) atoms. The first kappa shape index (κ1) is 10.3. The quantitative estimate of drug-likeness (QED) is 0.557. The molecule has 0 aliphatic heterocycles. The Balaban J connectivity index is 2.93. The Bertz CT molecular complexity index is 255. The molecule has 0 saturated carbocycles. The van der Waals surface area contributed by atoms with Gasteiger partial charge in [-0.25, -0.2) is 9.97 Å². The maximum Gasteiger partial charge on any atom is 0.189 e. The van der Waals surface area contributed by atoms with Gasteiger partial charge in [0.05, 0.1) is 5.69 Å². The second kappa shape index (κ2) is 5.04. The van der Waals surface area contributed by atoms with Crippen molar-refractivity contribution in [2.24, 2.45) is 0 Å². The van der Waals surface area contributed by atoms with Crippen molar-refractivity contribution in [3.05, 3.63) is 11.8 Å². The number of thioether (sulfide) groups is 1. The van der Waals surface area contributed by atoms with Crippen molar-refractivity contribution < 1.29 is 0 Å². The van der Waals surface area contributed by atoms with Gasteiger partial charge in [-0.3, -0.25) is 0 Å². The van der Waals surface area contributed by atoms with E-state index in [4.69, 9.17) is 0 Å². The van der Waals surface area contributed by atoms with Crippen LogP contribution in [0.25, 0.3) is 0 Å². The lowest BCUT2D eigenvalue weighted by Crippen LogP contribution is -2.09. The van der Waals surface area contributed by atoms with E-state index in [0.29, 0.717) is 0 Å². The highest BCUT2D eigenvalue weighted by Crippen LogP contribution is 2.13. The van der Waals surface area contributed by atoms with Crippen LogP contribution in [0.2, 0.25) is 0 Å². The van der Waals surface area contributed by atoms with Gasteiger partial charge in [0, 0.05) is 19.7 Å². The fourth-order valence-corrected chi connectivity index (χ4v) is 1.36. The van der Waals surface area contributed by atoms with E-state index in [2.05, 4.69) is 20.6 Å². The number of nitrogens with zero attached hydrogens (tertiary/aromatic N) is 2. The molecule has 0 unspecified atom stereocenters. The third kappa shape index (κ3) is 2.86. The molecule has 0 spiro atoms. The summed E-state index contributed by atoms with van der Waals surface area (Å²) in [6.07, 6.45) is 1.97. The number of nitrogens with one attached hydrogen (secondary N) is 2. The molecule has 1 heterocycles. The van der Waals surface area contributed by atoms with E-state index >= 15 is 0 Å². The first-order chi connectivity index (χ1) is 6.30. The molecule has 4 nitrogen and oxygen atoms in total. The molecule has 0 amide bonds. The minimum atomic E-state index is 0.769. The molecule has 0 saturated heterocycles. The Morgan fingerprint density at radius 2 is 2.15 bits per heavy atom. The number of hydrogen-bond donors (Lipinski definition) is 2. The van der Waals surface area contributed by atoms with Gasteiger partial charge in [0.25, 0.3) is 0 Å². The Kier molecular flexibility index (Phi) is 3.98. The summed E-state index contributed by atoms with van der Waals surface area (Å²) in [5.41, 5.74) is 1.01. The van der Waals surface area contributed by atoms with Crippen LogP contribution in [0, 0.1) is 0 Å². The molecule has 0 bridgehead atoms. The Labute approximate surface area is 82.6 Å². The second-order valence-corrected chi connectivity index (χ2v) is 3.28. The summed E-state index contributed by atoms with van der Waals surface area (Å²) in [6, 6.07) is 1.94. The number of aromatic nitrogens is 2. The molecule has 5 heteroatoms. The van der Waals surface area contributed by atoms with Gasteiger partial charge in [-0.1, -0.05) is 11.8 Å². The van der Waals surface area contributed by atoms with E-state index in [1.165, 1.54) is 0 Å². The molecule has 1 aromatic rings. The third-order valence-electron chi connectivity index (χ3n) is 1.56. The fourth-order valence-electron chi connectivity index (χ4n) is 0.964. The lowest BCUT2D eigenvalue weighted by atomic mass is 10.4. The van der Waals surface area contributed by atoms with Crippen LogP contribution in [0.1, 0.15) is 5.69 Å². The lowest BCUT2D eigenvalue weighted by Gasteiger charge is -2.05. The first-order valence-corrected chi connectivity index (χ1v) is 5.27. The van der Waals surface area contributed by atoms with Crippen LogP contribution in [0.15, 0.2) is 11.2 Å². The van der Waals surface area contributed by atoms with Crippen molar-refractivity contribution >= 4 is 17.6 Å². The van der Waals surface area contributed by atoms with Crippen molar-refractivity contribution in [1.29, 1.82) is 0 Å². The third-order valence-corrected chi connectivity index (χ3v) is 2.10. The van der Waals surface area contributed by atoms with Gasteiger partial charge in [0.1, 0.15) is 5.82 Å². The highest BCUT2D eigenvalue weighted by Gasteiger charge is 2.01. The maximum absolute atomic E-state index is 4.34. The van der Waals surface area contributed by atoms with Crippen LogP contribution in [0.4, 0.5) is 5.82 Å². The predicted octanol–water partition coefficient (Wildman–Crippen LogP) is 0.960. The smallest absolute Gasteiger partial charge is 0.189 e. The molecule has 0 aliphatic carbocycles. The number of hydrogen-bond acceptors (Lipinski definition) is 5. The van der Waals surface area contributed by atoms with Crippen LogP contribution >= 0.6 is 11.8 Å². The van der Waals surface area contributed by atoms with Crippen molar-refractivity contribution in [3.8, 4) is 0 Å². The second-order valence-electron chi connectivity index (χ2n) is 2.51. The van der Waals surface area contributed by atoms with E-state index in [0.717, 1.165) is 23.2 Å². The van der Waals surface area contributed by atoms with Gasteiger partial charge in [0.15, 0.2) is 5.16 Å². The molecule has 2 N–H and O–H groups in total. The van der Waals surface area contributed by atoms with Crippen LogP contribution in [-0.2, 0) is 6.54 Å². The Morgan fingerprint density at radius 1 is 1.38 bits per heavy atom. The molecule has 1 aromatic heterocycles. The molecule has 1 rings (SSSR count). The largest absolute Gasteiger partial charge is 0.373 e. The normalized spacial score (nSPS) is 10.1. The molecule has 72 valence electrons.